The zero-order valence-electron chi connectivity index (χ0n) is 16.7. The maximum atomic E-state index is 12.7. The highest BCUT2D eigenvalue weighted by atomic mass is 79.9. The van der Waals surface area contributed by atoms with Crippen molar-refractivity contribution in [1.82, 2.24) is 14.8 Å². The summed E-state index contributed by atoms with van der Waals surface area (Å²) in [4.78, 5) is 17.4. The van der Waals surface area contributed by atoms with Gasteiger partial charge in [-0.3, -0.25) is 4.79 Å². The third-order valence-corrected chi connectivity index (χ3v) is 6.07. The van der Waals surface area contributed by atoms with Gasteiger partial charge in [0, 0.05) is 16.1 Å². The minimum atomic E-state index is -0.191. The Morgan fingerprint density at radius 3 is 2.66 bits per heavy atom. The first-order valence-electron chi connectivity index (χ1n) is 9.26. The standard InChI is InChI=1S/C22H21BrN4OS/c1-13-10-19(25-20(28)14-6-5-7-16(23)11-14)27(26-13)21-24-17-9-8-15(22(2,3)4)12-18(17)29-21/h5-12H,1-4H3,(H,25,28). The number of hydrogen-bond donors (Lipinski definition) is 1. The van der Waals surface area contributed by atoms with Gasteiger partial charge >= 0.3 is 0 Å². The van der Waals surface area contributed by atoms with Gasteiger partial charge in [0.1, 0.15) is 5.82 Å². The van der Waals surface area contributed by atoms with Gasteiger partial charge in [0.05, 0.1) is 15.9 Å². The number of anilines is 1. The smallest absolute Gasteiger partial charge is 0.256 e. The van der Waals surface area contributed by atoms with Crippen LogP contribution in [0.2, 0.25) is 0 Å². The van der Waals surface area contributed by atoms with Gasteiger partial charge in [0.2, 0.25) is 5.13 Å². The van der Waals surface area contributed by atoms with E-state index in [1.54, 1.807) is 28.2 Å². The van der Waals surface area contributed by atoms with Crippen molar-refractivity contribution in [2.45, 2.75) is 33.1 Å². The fourth-order valence-electron chi connectivity index (χ4n) is 3.02. The lowest BCUT2D eigenvalue weighted by atomic mass is 9.87. The molecule has 0 bridgehead atoms. The summed E-state index contributed by atoms with van der Waals surface area (Å²) in [7, 11) is 0. The van der Waals surface area contributed by atoms with Crippen LogP contribution in [0.5, 0.6) is 0 Å². The molecule has 29 heavy (non-hydrogen) atoms. The van der Waals surface area contributed by atoms with Crippen molar-refractivity contribution in [3.8, 4) is 5.13 Å². The van der Waals surface area contributed by atoms with Gasteiger partial charge in [-0.1, -0.05) is 60.2 Å². The summed E-state index contributed by atoms with van der Waals surface area (Å²) in [6, 6.07) is 15.5. The highest BCUT2D eigenvalue weighted by Gasteiger charge is 2.18. The molecule has 0 aliphatic rings. The first kappa shape index (κ1) is 19.8. The van der Waals surface area contributed by atoms with E-state index in [0.717, 1.165) is 25.5 Å². The molecule has 0 radical (unpaired) electrons. The first-order chi connectivity index (χ1) is 13.7. The molecule has 0 saturated heterocycles. The summed E-state index contributed by atoms with van der Waals surface area (Å²) in [5.74, 6) is 0.408. The van der Waals surface area contributed by atoms with Gasteiger partial charge in [-0.05, 0) is 48.2 Å². The molecule has 5 nitrogen and oxygen atoms in total. The second kappa shape index (κ2) is 7.39. The molecule has 0 aliphatic heterocycles. The van der Waals surface area contributed by atoms with E-state index in [4.69, 9.17) is 4.98 Å². The average Bonchev–Trinajstić information content (AvgIpc) is 3.23. The Morgan fingerprint density at radius 2 is 1.93 bits per heavy atom. The van der Waals surface area contributed by atoms with Crippen molar-refractivity contribution in [3.63, 3.8) is 0 Å². The predicted octanol–water partition coefficient (Wildman–Crippen LogP) is 6.10. The topological polar surface area (TPSA) is 59.8 Å². The van der Waals surface area contributed by atoms with Crippen molar-refractivity contribution in [2.24, 2.45) is 0 Å². The van der Waals surface area contributed by atoms with E-state index in [1.807, 2.05) is 31.2 Å². The number of rotatable bonds is 3. The van der Waals surface area contributed by atoms with Crippen molar-refractivity contribution in [1.29, 1.82) is 0 Å². The van der Waals surface area contributed by atoms with E-state index in [1.165, 1.54) is 5.56 Å². The number of nitrogens with one attached hydrogen (secondary N) is 1. The lowest BCUT2D eigenvalue weighted by Gasteiger charge is -2.18. The summed E-state index contributed by atoms with van der Waals surface area (Å²) in [6.07, 6.45) is 0. The fraction of sp³-hybridized carbons (Fsp3) is 0.227. The Balaban J connectivity index is 1.70. The van der Waals surface area contributed by atoms with E-state index < -0.39 is 0 Å². The molecular formula is C22H21BrN4OS. The van der Waals surface area contributed by atoms with Crippen molar-refractivity contribution in [3.05, 3.63) is 69.8 Å². The molecule has 148 valence electrons. The molecule has 7 heteroatoms. The number of aryl methyl sites for hydroxylation is 1. The lowest BCUT2D eigenvalue weighted by molar-refractivity contribution is 0.102. The number of carbonyl (C=O) groups excluding carboxylic acids is 1. The van der Waals surface area contributed by atoms with Crippen LogP contribution in [-0.2, 0) is 5.41 Å². The predicted molar refractivity (Wildman–Crippen MR) is 122 cm³/mol. The highest BCUT2D eigenvalue weighted by molar-refractivity contribution is 9.10. The number of thiazole rings is 1. The Kier molecular flexibility index (Phi) is 5.04. The Morgan fingerprint density at radius 1 is 1.14 bits per heavy atom. The largest absolute Gasteiger partial charge is 0.306 e. The second-order valence-electron chi connectivity index (χ2n) is 7.98. The number of nitrogens with zero attached hydrogens (tertiary/aromatic N) is 3. The van der Waals surface area contributed by atoms with Gasteiger partial charge in [-0.25, -0.2) is 4.98 Å². The van der Waals surface area contributed by atoms with Gasteiger partial charge in [-0.2, -0.15) is 9.78 Å². The summed E-state index contributed by atoms with van der Waals surface area (Å²) in [5, 5.41) is 8.24. The Labute approximate surface area is 181 Å². The molecule has 0 saturated carbocycles. The van der Waals surface area contributed by atoms with Gasteiger partial charge < -0.3 is 5.32 Å². The molecule has 0 unspecified atom stereocenters. The summed E-state index contributed by atoms with van der Waals surface area (Å²) < 4.78 is 3.66. The molecule has 2 heterocycles. The van der Waals surface area contributed by atoms with E-state index in [0.29, 0.717) is 11.4 Å². The summed E-state index contributed by atoms with van der Waals surface area (Å²) in [6.45, 7) is 8.49. The minimum absolute atomic E-state index is 0.0731. The van der Waals surface area contributed by atoms with Gasteiger partial charge in [0.25, 0.3) is 5.91 Å². The maximum Gasteiger partial charge on any atom is 0.256 e. The van der Waals surface area contributed by atoms with E-state index >= 15 is 0 Å². The molecule has 2 aromatic carbocycles. The van der Waals surface area contributed by atoms with Crippen molar-refractivity contribution >= 4 is 49.2 Å². The zero-order valence-corrected chi connectivity index (χ0v) is 19.1. The fourth-order valence-corrected chi connectivity index (χ4v) is 4.39. The van der Waals surface area contributed by atoms with Gasteiger partial charge in [0.15, 0.2) is 0 Å². The molecule has 0 fully saturated rings. The summed E-state index contributed by atoms with van der Waals surface area (Å²) in [5.41, 5.74) is 3.65. The van der Waals surface area contributed by atoms with Crippen LogP contribution in [-0.4, -0.2) is 20.7 Å². The molecular weight excluding hydrogens is 448 g/mol. The van der Waals surface area contributed by atoms with Crippen molar-refractivity contribution < 1.29 is 4.79 Å². The molecule has 0 aliphatic carbocycles. The van der Waals surface area contributed by atoms with E-state index in [-0.39, 0.29) is 11.3 Å². The highest BCUT2D eigenvalue weighted by Crippen LogP contribution is 2.31. The van der Waals surface area contributed by atoms with Crippen LogP contribution in [0.25, 0.3) is 15.3 Å². The SMILES string of the molecule is Cc1cc(NC(=O)c2cccc(Br)c2)n(-c2nc3ccc(C(C)(C)C)cc3s2)n1. The number of carbonyl (C=O) groups is 1. The molecule has 2 aromatic heterocycles. The number of amides is 1. The number of hydrogen-bond acceptors (Lipinski definition) is 4. The Bertz CT molecular complexity index is 1220. The molecule has 1 amide bonds. The molecule has 0 atom stereocenters. The number of fused-ring (bicyclic) bond motifs is 1. The van der Waals surface area contributed by atoms with Crippen LogP contribution in [0, 0.1) is 6.92 Å². The van der Waals surface area contributed by atoms with Crippen LogP contribution >= 0.6 is 27.3 Å². The Hall–Kier alpha value is -2.51. The van der Waals surface area contributed by atoms with Crippen LogP contribution in [0.4, 0.5) is 5.82 Å². The second-order valence-corrected chi connectivity index (χ2v) is 9.90. The average molecular weight is 469 g/mol. The van der Waals surface area contributed by atoms with Gasteiger partial charge in [-0.15, -0.1) is 0 Å². The first-order valence-corrected chi connectivity index (χ1v) is 10.9. The zero-order chi connectivity index (χ0) is 20.8. The number of benzene rings is 2. The molecule has 4 rings (SSSR count). The lowest BCUT2D eigenvalue weighted by Crippen LogP contribution is -2.15. The van der Waals surface area contributed by atoms with E-state index in [2.05, 4.69) is 59.2 Å². The molecule has 1 N–H and O–H groups in total. The van der Waals surface area contributed by atoms with Crippen LogP contribution in [0.1, 0.15) is 42.4 Å². The third kappa shape index (κ3) is 4.11. The number of aromatic nitrogens is 3. The van der Waals surface area contributed by atoms with Crippen LogP contribution in [0.3, 0.4) is 0 Å². The van der Waals surface area contributed by atoms with Crippen LogP contribution < -0.4 is 5.32 Å². The summed E-state index contributed by atoms with van der Waals surface area (Å²) >= 11 is 4.97. The quantitative estimate of drug-likeness (QED) is 0.394. The monoisotopic (exact) mass is 468 g/mol. The maximum absolute atomic E-state index is 12.7. The molecule has 0 spiro atoms. The van der Waals surface area contributed by atoms with E-state index in [9.17, 15) is 4.79 Å². The molecule has 4 aromatic rings. The number of halogens is 1. The minimum Gasteiger partial charge on any atom is -0.306 e. The van der Waals surface area contributed by atoms with Crippen molar-refractivity contribution in [2.75, 3.05) is 5.32 Å². The third-order valence-electron chi connectivity index (χ3n) is 4.58. The van der Waals surface area contributed by atoms with Crippen LogP contribution in [0.15, 0.2) is 53.0 Å². The normalized spacial score (nSPS) is 11.8.